The number of aromatic amines is 1. The number of aromatic hydroxyl groups is 2. The number of aromatic nitrogens is 2. The first-order chi connectivity index (χ1) is 15.2. The van der Waals surface area contributed by atoms with E-state index < -0.39 is 11.8 Å². The molecule has 0 saturated heterocycles. The first-order valence-corrected chi connectivity index (χ1v) is 9.64. The molecule has 3 aromatic carbocycles. The number of amidine groups is 1. The third-order valence-electron chi connectivity index (χ3n) is 5.09. The summed E-state index contributed by atoms with van der Waals surface area (Å²) in [5.41, 5.74) is 8.21. The molecule has 0 aliphatic carbocycles. The lowest BCUT2D eigenvalue weighted by Crippen LogP contribution is -2.10. The summed E-state index contributed by atoms with van der Waals surface area (Å²) in [6.45, 7) is 0. The van der Waals surface area contributed by atoms with Crippen LogP contribution in [0, 0.1) is 11.2 Å². The zero-order valence-corrected chi connectivity index (χ0v) is 16.7. The van der Waals surface area contributed by atoms with Gasteiger partial charge in [-0.15, -0.1) is 0 Å². The van der Waals surface area contributed by atoms with Crippen LogP contribution >= 0.6 is 0 Å². The van der Waals surface area contributed by atoms with Crippen LogP contribution in [0.15, 0.2) is 48.5 Å². The number of halogens is 1. The Morgan fingerprint density at radius 1 is 1.06 bits per heavy atom. The van der Waals surface area contributed by atoms with E-state index >= 15 is 0 Å². The molecule has 0 aliphatic rings. The van der Waals surface area contributed by atoms with Crippen molar-refractivity contribution in [1.82, 2.24) is 9.97 Å². The number of phenolic OH excluding ortho intramolecular Hbond substituents is 2. The molecular weight excluding hydrogens is 415 g/mol. The molecule has 4 rings (SSSR count). The number of hydrogen-bond acceptors (Lipinski definition) is 5. The highest BCUT2D eigenvalue weighted by atomic mass is 19.1. The fraction of sp³-hybridized carbons (Fsp3) is 0.0870. The number of carboxylic acid groups (broad SMARTS) is 1. The number of nitrogens with zero attached hydrogens (tertiary/aromatic N) is 1. The van der Waals surface area contributed by atoms with E-state index in [0.717, 1.165) is 12.1 Å². The van der Waals surface area contributed by atoms with E-state index in [-0.39, 0.29) is 52.7 Å². The molecule has 0 fully saturated rings. The Morgan fingerprint density at radius 3 is 2.53 bits per heavy atom. The van der Waals surface area contributed by atoms with Crippen LogP contribution in [-0.2, 0) is 11.2 Å². The second-order valence-electron chi connectivity index (χ2n) is 7.33. The lowest BCUT2D eigenvalue weighted by molar-refractivity contribution is -0.136. The van der Waals surface area contributed by atoms with Crippen molar-refractivity contribution in [1.29, 1.82) is 5.41 Å². The van der Waals surface area contributed by atoms with E-state index in [0.29, 0.717) is 22.2 Å². The summed E-state index contributed by atoms with van der Waals surface area (Å²) >= 11 is 0. The Hall–Kier alpha value is -4.40. The summed E-state index contributed by atoms with van der Waals surface area (Å²) in [6, 6.07) is 11.5. The number of phenols is 2. The number of benzene rings is 3. The van der Waals surface area contributed by atoms with Crippen molar-refractivity contribution < 1.29 is 24.5 Å². The number of aliphatic carboxylic acids is 1. The first kappa shape index (κ1) is 20.9. The molecule has 0 aliphatic heterocycles. The third-order valence-corrected chi connectivity index (χ3v) is 5.09. The summed E-state index contributed by atoms with van der Waals surface area (Å²) in [5.74, 6) is -1.90. The van der Waals surface area contributed by atoms with Gasteiger partial charge in [0.1, 0.15) is 29.0 Å². The van der Waals surface area contributed by atoms with Gasteiger partial charge in [-0.1, -0.05) is 0 Å². The van der Waals surface area contributed by atoms with Gasteiger partial charge in [-0.2, -0.15) is 0 Å². The number of fused-ring (bicyclic) bond motifs is 1. The van der Waals surface area contributed by atoms with Crippen LogP contribution in [0.25, 0.3) is 33.5 Å². The van der Waals surface area contributed by atoms with E-state index in [4.69, 9.17) is 16.2 Å². The van der Waals surface area contributed by atoms with Gasteiger partial charge in [-0.05, 0) is 60.5 Å². The molecule has 1 heterocycles. The molecule has 0 spiro atoms. The van der Waals surface area contributed by atoms with Crippen LogP contribution < -0.4 is 5.73 Å². The third kappa shape index (κ3) is 3.95. The molecule has 0 bridgehead atoms. The zero-order valence-electron chi connectivity index (χ0n) is 16.7. The number of carbonyl (C=O) groups is 1. The van der Waals surface area contributed by atoms with Gasteiger partial charge in [0.25, 0.3) is 0 Å². The van der Waals surface area contributed by atoms with Crippen molar-refractivity contribution in [2.75, 3.05) is 0 Å². The number of nitrogens with one attached hydrogen (secondary N) is 2. The normalized spacial score (nSPS) is 11.0. The van der Waals surface area contributed by atoms with Crippen LogP contribution in [-0.4, -0.2) is 37.1 Å². The highest BCUT2D eigenvalue weighted by molar-refractivity contribution is 5.98. The Labute approximate surface area is 181 Å². The number of hydrogen-bond donors (Lipinski definition) is 6. The van der Waals surface area contributed by atoms with Crippen LogP contribution in [0.1, 0.15) is 17.5 Å². The molecule has 0 amide bonds. The van der Waals surface area contributed by atoms with E-state index in [2.05, 4.69) is 9.97 Å². The van der Waals surface area contributed by atoms with Crippen LogP contribution in [0.2, 0.25) is 0 Å². The molecule has 1 aromatic heterocycles. The fourth-order valence-electron chi connectivity index (χ4n) is 3.50. The minimum atomic E-state index is -0.990. The van der Waals surface area contributed by atoms with Gasteiger partial charge >= 0.3 is 5.97 Å². The van der Waals surface area contributed by atoms with Gasteiger partial charge in [0.2, 0.25) is 0 Å². The van der Waals surface area contributed by atoms with Crippen molar-refractivity contribution in [2.45, 2.75) is 12.8 Å². The summed E-state index contributed by atoms with van der Waals surface area (Å²) < 4.78 is 13.9. The second-order valence-corrected chi connectivity index (χ2v) is 7.33. The molecule has 0 unspecified atom stereocenters. The van der Waals surface area contributed by atoms with Gasteiger partial charge in [-0.3, -0.25) is 10.2 Å². The summed E-state index contributed by atoms with van der Waals surface area (Å²) in [7, 11) is 0. The molecule has 0 atom stereocenters. The molecule has 0 radical (unpaired) electrons. The maximum atomic E-state index is 13.9. The predicted molar refractivity (Wildman–Crippen MR) is 117 cm³/mol. The average molecular weight is 434 g/mol. The number of rotatable bonds is 6. The molecule has 0 saturated carbocycles. The highest BCUT2D eigenvalue weighted by Crippen LogP contribution is 2.42. The lowest BCUT2D eigenvalue weighted by Gasteiger charge is -2.13. The number of H-pyrrole nitrogens is 1. The number of nitrogens with two attached hydrogens (primary N) is 1. The van der Waals surface area contributed by atoms with Crippen molar-refractivity contribution >= 4 is 22.8 Å². The zero-order chi connectivity index (χ0) is 23.0. The molecule has 9 heteroatoms. The average Bonchev–Trinajstić information content (AvgIpc) is 3.17. The molecule has 162 valence electrons. The smallest absolute Gasteiger partial charge is 0.303 e. The summed E-state index contributed by atoms with van der Waals surface area (Å²) in [4.78, 5) is 18.6. The summed E-state index contributed by atoms with van der Waals surface area (Å²) in [6.07, 6.45) is 0.00128. The van der Waals surface area contributed by atoms with Crippen LogP contribution in [0.3, 0.4) is 0 Å². The van der Waals surface area contributed by atoms with E-state index in [1.54, 1.807) is 24.3 Å². The van der Waals surface area contributed by atoms with Crippen molar-refractivity contribution in [3.8, 4) is 34.0 Å². The molecular formula is C23H19FN4O4. The van der Waals surface area contributed by atoms with Gasteiger partial charge < -0.3 is 26.0 Å². The molecule has 32 heavy (non-hydrogen) atoms. The summed E-state index contributed by atoms with van der Waals surface area (Å²) in [5, 5.41) is 37.9. The second kappa shape index (κ2) is 8.03. The van der Waals surface area contributed by atoms with Crippen molar-refractivity contribution in [2.24, 2.45) is 5.73 Å². The minimum absolute atomic E-state index is 0.0657. The van der Waals surface area contributed by atoms with Crippen molar-refractivity contribution in [3.05, 3.63) is 65.5 Å². The first-order valence-electron chi connectivity index (χ1n) is 9.64. The van der Waals surface area contributed by atoms with Gasteiger partial charge in [0, 0.05) is 23.1 Å². The van der Waals surface area contributed by atoms with Crippen LogP contribution in [0.4, 0.5) is 4.39 Å². The fourth-order valence-corrected chi connectivity index (χ4v) is 3.50. The SMILES string of the molecule is N=C(N)c1ccc2nc(-c3cc(CCC(=O)O)cc(-c4cc(F)ccc4O)c3O)[nH]c2c1. The van der Waals surface area contributed by atoms with Gasteiger partial charge in [0.15, 0.2) is 0 Å². The Kier molecular flexibility index (Phi) is 5.23. The van der Waals surface area contributed by atoms with Gasteiger partial charge in [-0.25, -0.2) is 9.37 Å². The molecule has 7 N–H and O–H groups in total. The largest absolute Gasteiger partial charge is 0.507 e. The number of carboxylic acids is 1. The number of nitrogen functional groups attached to an aromatic ring is 1. The van der Waals surface area contributed by atoms with Gasteiger partial charge in [0.05, 0.1) is 16.6 Å². The van der Waals surface area contributed by atoms with E-state index in [1.807, 2.05) is 0 Å². The monoisotopic (exact) mass is 434 g/mol. The molecule has 8 nitrogen and oxygen atoms in total. The maximum Gasteiger partial charge on any atom is 0.303 e. The van der Waals surface area contributed by atoms with Crippen molar-refractivity contribution in [3.63, 3.8) is 0 Å². The standard InChI is InChI=1S/C23H19FN4O4/c24-13-3-5-19(29)14(10-13)15-7-11(1-6-20(30)31)8-16(21(15)32)23-27-17-4-2-12(22(25)26)9-18(17)28-23/h2-5,7-10,29,32H,1,6H2,(H3,25,26)(H,27,28)(H,30,31). The highest BCUT2D eigenvalue weighted by Gasteiger charge is 2.19. The van der Waals surface area contributed by atoms with E-state index in [9.17, 15) is 19.4 Å². The maximum absolute atomic E-state index is 13.9. The topological polar surface area (TPSA) is 156 Å². The quantitative estimate of drug-likeness (QED) is 0.200. The number of aryl methyl sites for hydroxylation is 1. The Balaban J connectivity index is 1.91. The Morgan fingerprint density at radius 2 is 1.81 bits per heavy atom. The predicted octanol–water partition coefficient (Wildman–Crippen LogP) is 3.75. The number of imidazole rings is 1. The Bertz CT molecular complexity index is 1380. The molecule has 4 aromatic rings. The lowest BCUT2D eigenvalue weighted by atomic mass is 9.95. The minimum Gasteiger partial charge on any atom is -0.507 e. The van der Waals surface area contributed by atoms with E-state index in [1.165, 1.54) is 12.1 Å². The van der Waals surface area contributed by atoms with Crippen LogP contribution in [0.5, 0.6) is 11.5 Å².